The van der Waals surface area contributed by atoms with Gasteiger partial charge < -0.3 is 10.3 Å². The molecule has 0 saturated heterocycles. The number of hydrogen-bond acceptors (Lipinski definition) is 4. The van der Waals surface area contributed by atoms with Crippen LogP contribution < -0.4 is 5.73 Å². The van der Waals surface area contributed by atoms with E-state index in [1.165, 1.54) is 4.31 Å². The molecule has 0 bridgehead atoms. The predicted octanol–water partition coefficient (Wildman–Crippen LogP) is 2.24. The minimum absolute atomic E-state index is 0.315. The van der Waals surface area contributed by atoms with Crippen molar-refractivity contribution in [3.63, 3.8) is 0 Å². The van der Waals surface area contributed by atoms with E-state index in [-0.39, 0.29) is 0 Å². The van der Waals surface area contributed by atoms with E-state index in [0.29, 0.717) is 18.0 Å². The Bertz CT molecular complexity index is 675. The smallest absolute Gasteiger partial charge is 0.244 e. The van der Waals surface area contributed by atoms with E-state index < -0.39 is 10.0 Å². The van der Waals surface area contributed by atoms with Crippen molar-refractivity contribution in [3.8, 4) is 0 Å². The number of aryl methyl sites for hydroxylation is 1. The zero-order valence-electron chi connectivity index (χ0n) is 12.3. The maximum absolute atomic E-state index is 12.6. The van der Waals surface area contributed by atoms with Crippen molar-refractivity contribution in [2.45, 2.75) is 37.9 Å². The van der Waals surface area contributed by atoms with E-state index in [2.05, 4.69) is 6.92 Å². The second-order valence-corrected chi connectivity index (χ2v) is 7.98. The Hall–Kier alpha value is -1.15. The molecule has 116 valence electrons. The Balaban J connectivity index is 2.26. The summed E-state index contributed by atoms with van der Waals surface area (Å²) in [6.45, 7) is 3.55. The van der Waals surface area contributed by atoms with Crippen LogP contribution in [0.3, 0.4) is 0 Å². The number of sulfonamides is 1. The fourth-order valence-electron chi connectivity index (χ4n) is 2.17. The van der Waals surface area contributed by atoms with Crippen molar-refractivity contribution in [2.75, 3.05) is 7.05 Å². The molecule has 2 aromatic rings. The summed E-state index contributed by atoms with van der Waals surface area (Å²) >= 11 is 1.55. The second-order valence-electron chi connectivity index (χ2n) is 4.91. The highest BCUT2D eigenvalue weighted by molar-refractivity contribution is 7.89. The fraction of sp³-hybridized carbons (Fsp3) is 0.429. The van der Waals surface area contributed by atoms with Crippen LogP contribution in [0.5, 0.6) is 0 Å². The summed E-state index contributed by atoms with van der Waals surface area (Å²) in [5.74, 6) is 0. The molecule has 0 saturated carbocycles. The van der Waals surface area contributed by atoms with Gasteiger partial charge in [-0.3, -0.25) is 0 Å². The zero-order valence-corrected chi connectivity index (χ0v) is 14.0. The molecule has 0 unspecified atom stereocenters. The Kier molecular flexibility index (Phi) is 5.21. The molecule has 0 atom stereocenters. The number of nitrogens with zero attached hydrogens (tertiary/aromatic N) is 2. The average molecular weight is 327 g/mol. The summed E-state index contributed by atoms with van der Waals surface area (Å²) in [5, 5.41) is 1.94. The molecule has 0 aliphatic heterocycles. The van der Waals surface area contributed by atoms with Gasteiger partial charge in [0.25, 0.3) is 0 Å². The normalized spacial score (nSPS) is 12.2. The molecule has 2 N–H and O–H groups in total. The van der Waals surface area contributed by atoms with Crippen molar-refractivity contribution < 1.29 is 8.42 Å². The van der Waals surface area contributed by atoms with E-state index in [9.17, 15) is 8.42 Å². The lowest BCUT2D eigenvalue weighted by molar-refractivity contribution is 0.469. The second kappa shape index (κ2) is 6.74. The van der Waals surface area contributed by atoms with E-state index in [1.807, 2.05) is 22.1 Å². The minimum Gasteiger partial charge on any atom is -0.349 e. The van der Waals surface area contributed by atoms with Gasteiger partial charge >= 0.3 is 0 Å². The summed E-state index contributed by atoms with van der Waals surface area (Å²) in [5.41, 5.74) is 6.54. The molecular weight excluding hydrogens is 306 g/mol. The van der Waals surface area contributed by atoms with Gasteiger partial charge in [0.05, 0.1) is 0 Å². The number of aromatic nitrogens is 1. The van der Waals surface area contributed by atoms with Crippen molar-refractivity contribution in [1.29, 1.82) is 0 Å². The maximum atomic E-state index is 12.6. The van der Waals surface area contributed by atoms with Crippen molar-refractivity contribution >= 4 is 21.4 Å². The van der Waals surface area contributed by atoms with Crippen LogP contribution in [0.25, 0.3) is 0 Å². The lowest BCUT2D eigenvalue weighted by atomic mass is 10.4. The lowest BCUT2D eigenvalue weighted by Gasteiger charge is -2.15. The Morgan fingerprint density at radius 1 is 1.43 bits per heavy atom. The summed E-state index contributed by atoms with van der Waals surface area (Å²) in [6, 6.07) is 5.53. The highest BCUT2D eigenvalue weighted by Crippen LogP contribution is 2.21. The lowest BCUT2D eigenvalue weighted by Crippen LogP contribution is -2.25. The molecule has 0 aliphatic carbocycles. The third-order valence-electron chi connectivity index (χ3n) is 3.30. The molecular formula is C14H21N3O2S2. The standard InChI is InChI=1S/C14H21N3O2S2/c1-3-6-17-11-14(8-12(17)9-15)21(18,19)16(2)10-13-5-4-7-20-13/h4-5,7-8,11H,3,6,9-10,15H2,1-2H3. The molecule has 0 amide bonds. The van der Waals surface area contributed by atoms with Gasteiger partial charge in [0.2, 0.25) is 10.0 Å². The Labute approximate surface area is 130 Å². The Morgan fingerprint density at radius 3 is 2.76 bits per heavy atom. The first-order chi connectivity index (χ1) is 9.98. The van der Waals surface area contributed by atoms with Crippen molar-refractivity contribution in [3.05, 3.63) is 40.3 Å². The van der Waals surface area contributed by atoms with Gasteiger partial charge in [-0.15, -0.1) is 11.3 Å². The third-order valence-corrected chi connectivity index (χ3v) is 5.93. The zero-order chi connectivity index (χ0) is 15.5. The molecule has 21 heavy (non-hydrogen) atoms. The van der Waals surface area contributed by atoms with Crippen molar-refractivity contribution in [1.82, 2.24) is 8.87 Å². The van der Waals surface area contributed by atoms with Gasteiger partial charge in [0, 0.05) is 43.4 Å². The molecule has 0 fully saturated rings. The third kappa shape index (κ3) is 3.55. The van der Waals surface area contributed by atoms with Crippen LogP contribution in [0.2, 0.25) is 0 Å². The largest absolute Gasteiger partial charge is 0.349 e. The first-order valence-electron chi connectivity index (χ1n) is 6.87. The highest BCUT2D eigenvalue weighted by atomic mass is 32.2. The van der Waals surface area contributed by atoms with Crippen LogP contribution >= 0.6 is 11.3 Å². The predicted molar refractivity (Wildman–Crippen MR) is 85.6 cm³/mol. The van der Waals surface area contributed by atoms with Crippen LogP contribution in [-0.4, -0.2) is 24.3 Å². The van der Waals surface area contributed by atoms with E-state index in [1.54, 1.807) is 30.6 Å². The summed E-state index contributed by atoms with van der Waals surface area (Å²) < 4.78 is 28.5. The summed E-state index contributed by atoms with van der Waals surface area (Å²) in [4.78, 5) is 1.34. The van der Waals surface area contributed by atoms with Gasteiger partial charge in [-0.2, -0.15) is 4.31 Å². The van der Waals surface area contributed by atoms with Crippen molar-refractivity contribution in [2.24, 2.45) is 5.73 Å². The molecule has 5 nitrogen and oxygen atoms in total. The maximum Gasteiger partial charge on any atom is 0.244 e. The topological polar surface area (TPSA) is 68.3 Å². The van der Waals surface area contributed by atoms with E-state index >= 15 is 0 Å². The number of nitrogens with two attached hydrogens (primary N) is 1. The molecule has 0 spiro atoms. The minimum atomic E-state index is -3.48. The van der Waals surface area contributed by atoms with Gasteiger partial charge in [-0.05, 0) is 23.9 Å². The average Bonchev–Trinajstić information content (AvgIpc) is 3.08. The molecule has 2 rings (SSSR count). The van der Waals surface area contributed by atoms with Gasteiger partial charge in [-0.25, -0.2) is 8.42 Å². The SMILES string of the molecule is CCCn1cc(S(=O)(=O)N(C)Cc2cccs2)cc1CN. The van der Waals surface area contributed by atoms with Gasteiger partial charge in [-0.1, -0.05) is 13.0 Å². The first-order valence-corrected chi connectivity index (χ1v) is 9.18. The van der Waals surface area contributed by atoms with Gasteiger partial charge in [0.15, 0.2) is 0 Å². The number of rotatable bonds is 7. The molecule has 7 heteroatoms. The van der Waals surface area contributed by atoms with E-state index in [4.69, 9.17) is 5.73 Å². The summed E-state index contributed by atoms with van der Waals surface area (Å²) in [6.07, 6.45) is 2.62. The van der Waals surface area contributed by atoms with Crippen LogP contribution in [0, 0.1) is 0 Å². The van der Waals surface area contributed by atoms with Crippen LogP contribution in [0.4, 0.5) is 0 Å². The molecule has 0 aromatic carbocycles. The molecule has 0 radical (unpaired) electrons. The van der Waals surface area contributed by atoms with Gasteiger partial charge in [0.1, 0.15) is 4.90 Å². The highest BCUT2D eigenvalue weighted by Gasteiger charge is 2.23. The van der Waals surface area contributed by atoms with Crippen LogP contribution in [0.1, 0.15) is 23.9 Å². The van der Waals surface area contributed by atoms with E-state index in [0.717, 1.165) is 23.5 Å². The molecule has 2 aromatic heterocycles. The molecule has 0 aliphatic rings. The number of hydrogen-bond donors (Lipinski definition) is 1. The first kappa shape index (κ1) is 16.2. The fourth-order valence-corrected chi connectivity index (χ4v) is 4.23. The monoisotopic (exact) mass is 327 g/mol. The van der Waals surface area contributed by atoms with Crippen LogP contribution in [-0.2, 0) is 29.7 Å². The Morgan fingerprint density at radius 2 is 2.19 bits per heavy atom. The molecule has 2 heterocycles. The van der Waals surface area contributed by atoms with Crippen LogP contribution in [0.15, 0.2) is 34.7 Å². The summed E-state index contributed by atoms with van der Waals surface area (Å²) in [7, 11) is -1.88. The number of thiophene rings is 1. The quantitative estimate of drug-likeness (QED) is 0.848.